The number of aromatic nitrogens is 2. The number of carbonyl (C=O) groups is 1. The van der Waals surface area contributed by atoms with Crippen molar-refractivity contribution in [1.29, 1.82) is 0 Å². The lowest BCUT2D eigenvalue weighted by atomic mass is 10.1. The van der Waals surface area contributed by atoms with Crippen molar-refractivity contribution in [2.75, 3.05) is 0 Å². The second kappa shape index (κ2) is 7.79. The molecule has 0 fully saturated rings. The second-order valence-corrected chi connectivity index (χ2v) is 3.86. The van der Waals surface area contributed by atoms with Gasteiger partial charge in [0, 0.05) is 25.0 Å². The van der Waals surface area contributed by atoms with Crippen LogP contribution in [0.15, 0.2) is 18.6 Å². The standard InChI is InChI=1S/C12H18N2O2/c15-12(16)7-5-3-1-2-4-6-11-10-13-8-9-14-11/h8-10H,1-7H2,(H,15,16). The fourth-order valence-corrected chi connectivity index (χ4v) is 1.57. The van der Waals surface area contributed by atoms with Crippen LogP contribution in [0.5, 0.6) is 0 Å². The topological polar surface area (TPSA) is 63.1 Å². The minimum Gasteiger partial charge on any atom is -0.481 e. The van der Waals surface area contributed by atoms with Crippen molar-refractivity contribution >= 4 is 5.97 Å². The number of aliphatic carboxylic acids is 1. The fourth-order valence-electron chi connectivity index (χ4n) is 1.57. The van der Waals surface area contributed by atoms with E-state index in [4.69, 9.17) is 5.11 Å². The van der Waals surface area contributed by atoms with Crippen LogP contribution in [0.4, 0.5) is 0 Å². The Morgan fingerprint density at radius 1 is 1.12 bits per heavy atom. The number of carboxylic acid groups (broad SMARTS) is 1. The number of hydrogen-bond acceptors (Lipinski definition) is 3. The van der Waals surface area contributed by atoms with Gasteiger partial charge in [-0.2, -0.15) is 0 Å². The van der Waals surface area contributed by atoms with E-state index >= 15 is 0 Å². The second-order valence-electron chi connectivity index (χ2n) is 3.86. The van der Waals surface area contributed by atoms with Gasteiger partial charge in [0.15, 0.2) is 0 Å². The molecular weight excluding hydrogens is 204 g/mol. The Hall–Kier alpha value is -1.45. The molecule has 88 valence electrons. The maximum Gasteiger partial charge on any atom is 0.303 e. The van der Waals surface area contributed by atoms with E-state index in [0.29, 0.717) is 6.42 Å². The van der Waals surface area contributed by atoms with Crippen molar-refractivity contribution in [3.63, 3.8) is 0 Å². The summed E-state index contributed by atoms with van der Waals surface area (Å²) in [5.41, 5.74) is 1.04. The van der Waals surface area contributed by atoms with Crippen LogP contribution in [0.2, 0.25) is 0 Å². The van der Waals surface area contributed by atoms with Gasteiger partial charge < -0.3 is 5.11 Å². The normalized spacial score (nSPS) is 10.2. The van der Waals surface area contributed by atoms with Gasteiger partial charge in [-0.25, -0.2) is 0 Å². The van der Waals surface area contributed by atoms with Crippen molar-refractivity contribution in [2.45, 2.75) is 44.9 Å². The van der Waals surface area contributed by atoms with E-state index in [1.807, 2.05) is 0 Å². The van der Waals surface area contributed by atoms with Gasteiger partial charge in [-0.15, -0.1) is 0 Å². The summed E-state index contributed by atoms with van der Waals surface area (Å²) in [5, 5.41) is 8.45. The zero-order chi connectivity index (χ0) is 11.6. The molecule has 4 nitrogen and oxygen atoms in total. The van der Waals surface area contributed by atoms with Crippen LogP contribution in [0.3, 0.4) is 0 Å². The van der Waals surface area contributed by atoms with Crippen LogP contribution < -0.4 is 0 Å². The van der Waals surface area contributed by atoms with Gasteiger partial charge in [-0.3, -0.25) is 14.8 Å². The summed E-state index contributed by atoms with van der Waals surface area (Å²) in [6.07, 6.45) is 11.6. The monoisotopic (exact) mass is 222 g/mol. The Morgan fingerprint density at radius 2 is 1.88 bits per heavy atom. The molecule has 0 saturated heterocycles. The molecule has 0 bridgehead atoms. The van der Waals surface area contributed by atoms with Gasteiger partial charge in [0.05, 0.1) is 5.69 Å². The molecule has 0 spiro atoms. The van der Waals surface area contributed by atoms with Crippen LogP contribution >= 0.6 is 0 Å². The third-order valence-corrected chi connectivity index (χ3v) is 2.44. The molecule has 0 aliphatic rings. The Labute approximate surface area is 95.7 Å². The quantitative estimate of drug-likeness (QED) is 0.686. The van der Waals surface area contributed by atoms with Gasteiger partial charge >= 0.3 is 5.97 Å². The van der Waals surface area contributed by atoms with Crippen molar-refractivity contribution in [2.24, 2.45) is 0 Å². The molecule has 1 N–H and O–H groups in total. The third kappa shape index (κ3) is 6.11. The molecule has 1 aromatic rings. The molecule has 0 amide bonds. The highest BCUT2D eigenvalue weighted by atomic mass is 16.4. The first-order valence-corrected chi connectivity index (χ1v) is 5.76. The zero-order valence-electron chi connectivity index (χ0n) is 9.43. The number of hydrogen-bond donors (Lipinski definition) is 1. The molecule has 1 heterocycles. The molecule has 0 saturated carbocycles. The minimum atomic E-state index is -0.695. The lowest BCUT2D eigenvalue weighted by molar-refractivity contribution is -0.137. The van der Waals surface area contributed by atoms with E-state index in [1.165, 1.54) is 0 Å². The maximum absolute atomic E-state index is 10.3. The molecular formula is C12H18N2O2. The predicted molar refractivity (Wildman–Crippen MR) is 61.1 cm³/mol. The van der Waals surface area contributed by atoms with E-state index in [0.717, 1.165) is 44.2 Å². The van der Waals surface area contributed by atoms with Crippen molar-refractivity contribution in [3.05, 3.63) is 24.3 Å². The average Bonchev–Trinajstić information content (AvgIpc) is 2.29. The molecule has 0 aliphatic carbocycles. The van der Waals surface area contributed by atoms with Gasteiger partial charge in [0.25, 0.3) is 0 Å². The first kappa shape index (κ1) is 12.6. The minimum absolute atomic E-state index is 0.296. The van der Waals surface area contributed by atoms with Crippen molar-refractivity contribution < 1.29 is 9.90 Å². The van der Waals surface area contributed by atoms with Crippen molar-refractivity contribution in [3.8, 4) is 0 Å². The third-order valence-electron chi connectivity index (χ3n) is 2.44. The van der Waals surface area contributed by atoms with E-state index < -0.39 is 5.97 Å². The van der Waals surface area contributed by atoms with Gasteiger partial charge in [0.1, 0.15) is 0 Å². The van der Waals surface area contributed by atoms with Crippen LogP contribution in [0, 0.1) is 0 Å². The Kier molecular flexibility index (Phi) is 6.15. The lowest BCUT2D eigenvalue weighted by Crippen LogP contribution is -1.94. The predicted octanol–water partition coefficient (Wildman–Crippen LogP) is 2.44. The Balaban J connectivity index is 1.94. The molecule has 1 rings (SSSR count). The number of nitrogens with zero attached hydrogens (tertiary/aromatic N) is 2. The van der Waals surface area contributed by atoms with Crippen LogP contribution in [0.1, 0.15) is 44.2 Å². The summed E-state index contributed by atoms with van der Waals surface area (Å²) in [6.45, 7) is 0. The molecule has 1 aromatic heterocycles. The van der Waals surface area contributed by atoms with E-state index in [2.05, 4.69) is 9.97 Å². The lowest BCUT2D eigenvalue weighted by Gasteiger charge is -2.00. The Morgan fingerprint density at radius 3 is 2.56 bits per heavy atom. The Bertz CT molecular complexity index is 301. The van der Waals surface area contributed by atoms with Crippen molar-refractivity contribution in [1.82, 2.24) is 9.97 Å². The van der Waals surface area contributed by atoms with E-state index in [1.54, 1.807) is 18.6 Å². The molecule has 0 aliphatic heterocycles. The van der Waals surface area contributed by atoms with Crippen LogP contribution in [-0.4, -0.2) is 21.0 Å². The molecule has 0 radical (unpaired) electrons. The van der Waals surface area contributed by atoms with Gasteiger partial charge in [-0.05, 0) is 19.3 Å². The maximum atomic E-state index is 10.3. The zero-order valence-corrected chi connectivity index (χ0v) is 9.43. The summed E-state index contributed by atoms with van der Waals surface area (Å²) >= 11 is 0. The fraction of sp³-hybridized carbons (Fsp3) is 0.583. The highest BCUT2D eigenvalue weighted by Gasteiger charge is 1.97. The molecule has 0 atom stereocenters. The van der Waals surface area contributed by atoms with E-state index in [9.17, 15) is 4.79 Å². The molecule has 16 heavy (non-hydrogen) atoms. The summed E-state index contributed by atoms with van der Waals surface area (Å²) in [6, 6.07) is 0. The van der Waals surface area contributed by atoms with Crippen LogP contribution in [-0.2, 0) is 11.2 Å². The van der Waals surface area contributed by atoms with Crippen LogP contribution in [0.25, 0.3) is 0 Å². The largest absolute Gasteiger partial charge is 0.481 e. The molecule has 0 unspecified atom stereocenters. The van der Waals surface area contributed by atoms with Gasteiger partial charge in [0.2, 0.25) is 0 Å². The highest BCUT2D eigenvalue weighted by molar-refractivity contribution is 5.66. The average molecular weight is 222 g/mol. The molecule has 0 aromatic carbocycles. The number of aryl methyl sites for hydroxylation is 1. The van der Waals surface area contributed by atoms with Gasteiger partial charge in [-0.1, -0.05) is 19.3 Å². The SMILES string of the molecule is O=C(O)CCCCCCCc1cnccn1. The summed E-state index contributed by atoms with van der Waals surface area (Å²) < 4.78 is 0. The number of rotatable bonds is 8. The number of unbranched alkanes of at least 4 members (excludes halogenated alkanes) is 4. The summed E-state index contributed by atoms with van der Waals surface area (Å²) in [4.78, 5) is 18.5. The first-order valence-electron chi connectivity index (χ1n) is 5.76. The first-order chi connectivity index (χ1) is 7.79. The molecule has 4 heteroatoms. The number of carboxylic acids is 1. The summed E-state index contributed by atoms with van der Waals surface area (Å²) in [7, 11) is 0. The highest BCUT2D eigenvalue weighted by Crippen LogP contribution is 2.07. The van der Waals surface area contributed by atoms with E-state index in [-0.39, 0.29) is 0 Å². The summed E-state index contributed by atoms with van der Waals surface area (Å²) in [5.74, 6) is -0.695. The smallest absolute Gasteiger partial charge is 0.303 e.